The zero-order chi connectivity index (χ0) is 29.7. The molecule has 8 nitrogen and oxygen atoms in total. The van der Waals surface area contributed by atoms with Gasteiger partial charge in [-0.05, 0) is 98.1 Å². The van der Waals surface area contributed by atoms with E-state index in [2.05, 4.69) is 10.5 Å². The van der Waals surface area contributed by atoms with Gasteiger partial charge in [0.2, 0.25) is 0 Å². The SMILES string of the molecule is CCCOc1ccc(C(=O)Oc2ccc(/C=N\NC(=O)c3ccc(OCc4ccc(C)cc4)cc3)cc2OCC)cc1. The molecular weight excluding hydrogens is 532 g/mol. The van der Waals surface area contributed by atoms with E-state index in [9.17, 15) is 9.59 Å². The van der Waals surface area contributed by atoms with Crippen LogP contribution in [0.15, 0.2) is 96.1 Å². The van der Waals surface area contributed by atoms with Crippen LogP contribution in [0.4, 0.5) is 0 Å². The molecule has 0 aliphatic carbocycles. The lowest BCUT2D eigenvalue weighted by atomic mass is 10.2. The van der Waals surface area contributed by atoms with E-state index in [-0.39, 0.29) is 11.7 Å². The van der Waals surface area contributed by atoms with Crippen molar-refractivity contribution in [2.75, 3.05) is 13.2 Å². The second kappa shape index (κ2) is 15.0. The molecule has 216 valence electrons. The van der Waals surface area contributed by atoms with E-state index < -0.39 is 5.97 Å². The lowest BCUT2D eigenvalue weighted by molar-refractivity contribution is 0.0728. The number of carbonyl (C=O) groups excluding carboxylic acids is 2. The Kier molecular flexibility index (Phi) is 10.7. The van der Waals surface area contributed by atoms with Gasteiger partial charge >= 0.3 is 5.97 Å². The first kappa shape index (κ1) is 29.9. The highest BCUT2D eigenvalue weighted by Crippen LogP contribution is 2.29. The molecule has 1 N–H and O–H groups in total. The number of ether oxygens (including phenoxy) is 4. The summed E-state index contributed by atoms with van der Waals surface area (Å²) in [7, 11) is 0. The van der Waals surface area contributed by atoms with Crippen LogP contribution in [0, 0.1) is 6.92 Å². The largest absolute Gasteiger partial charge is 0.494 e. The molecule has 0 unspecified atom stereocenters. The number of carbonyl (C=O) groups is 2. The van der Waals surface area contributed by atoms with E-state index in [4.69, 9.17) is 18.9 Å². The third kappa shape index (κ3) is 8.69. The van der Waals surface area contributed by atoms with Crippen molar-refractivity contribution >= 4 is 18.1 Å². The maximum Gasteiger partial charge on any atom is 0.343 e. The molecular formula is C34H34N2O6. The highest BCUT2D eigenvalue weighted by molar-refractivity contribution is 5.95. The number of hydrazone groups is 1. The summed E-state index contributed by atoms with van der Waals surface area (Å²) >= 11 is 0. The van der Waals surface area contributed by atoms with E-state index in [0.717, 1.165) is 12.0 Å². The van der Waals surface area contributed by atoms with Crippen molar-refractivity contribution in [3.63, 3.8) is 0 Å². The molecule has 0 spiro atoms. The molecule has 42 heavy (non-hydrogen) atoms. The highest BCUT2D eigenvalue weighted by Gasteiger charge is 2.14. The zero-order valence-corrected chi connectivity index (χ0v) is 24.0. The minimum atomic E-state index is -0.516. The van der Waals surface area contributed by atoms with E-state index in [1.807, 2.05) is 45.0 Å². The van der Waals surface area contributed by atoms with Gasteiger partial charge in [0.05, 0.1) is 25.0 Å². The van der Waals surface area contributed by atoms with Gasteiger partial charge in [0, 0.05) is 5.56 Å². The van der Waals surface area contributed by atoms with Gasteiger partial charge in [0.25, 0.3) is 5.91 Å². The minimum absolute atomic E-state index is 0.277. The number of nitrogens with zero attached hydrogens (tertiary/aromatic N) is 1. The Bertz CT molecular complexity index is 1500. The monoisotopic (exact) mass is 566 g/mol. The van der Waals surface area contributed by atoms with Gasteiger partial charge in [-0.2, -0.15) is 5.10 Å². The summed E-state index contributed by atoms with van der Waals surface area (Å²) in [5, 5.41) is 4.06. The molecule has 4 aromatic rings. The van der Waals surface area contributed by atoms with Crippen LogP contribution >= 0.6 is 0 Å². The number of hydrogen-bond donors (Lipinski definition) is 1. The molecule has 0 heterocycles. The number of hydrogen-bond acceptors (Lipinski definition) is 7. The molecule has 8 heteroatoms. The first-order chi connectivity index (χ1) is 20.4. The van der Waals surface area contributed by atoms with Crippen molar-refractivity contribution < 1.29 is 28.5 Å². The molecule has 0 radical (unpaired) electrons. The fourth-order valence-electron chi connectivity index (χ4n) is 3.81. The maximum atomic E-state index is 12.7. The van der Waals surface area contributed by atoms with E-state index in [0.29, 0.717) is 53.8 Å². The minimum Gasteiger partial charge on any atom is -0.494 e. The Morgan fingerprint density at radius 1 is 0.762 bits per heavy atom. The third-order valence-corrected chi connectivity index (χ3v) is 6.06. The normalized spacial score (nSPS) is 10.7. The predicted octanol–water partition coefficient (Wildman–Crippen LogP) is 6.74. The number of esters is 1. The third-order valence-electron chi connectivity index (χ3n) is 6.06. The Morgan fingerprint density at radius 2 is 1.43 bits per heavy atom. The van der Waals surface area contributed by atoms with Crippen molar-refractivity contribution in [3.8, 4) is 23.0 Å². The van der Waals surface area contributed by atoms with Crippen LogP contribution in [0.2, 0.25) is 0 Å². The van der Waals surface area contributed by atoms with E-state index in [1.54, 1.807) is 66.7 Å². The molecule has 0 aliphatic heterocycles. The van der Waals surface area contributed by atoms with Gasteiger partial charge in [-0.1, -0.05) is 36.8 Å². The van der Waals surface area contributed by atoms with Crippen LogP contribution < -0.4 is 24.4 Å². The van der Waals surface area contributed by atoms with Gasteiger partial charge in [0.15, 0.2) is 11.5 Å². The molecule has 0 fully saturated rings. The number of amides is 1. The number of nitrogens with one attached hydrogen (secondary N) is 1. The maximum absolute atomic E-state index is 12.7. The quantitative estimate of drug-likeness (QED) is 0.0833. The van der Waals surface area contributed by atoms with Crippen molar-refractivity contribution in [3.05, 3.63) is 119 Å². The average molecular weight is 567 g/mol. The van der Waals surface area contributed by atoms with Crippen molar-refractivity contribution in [2.45, 2.75) is 33.8 Å². The summed E-state index contributed by atoms with van der Waals surface area (Å²) in [5.41, 5.74) is 6.26. The lowest BCUT2D eigenvalue weighted by Gasteiger charge is -2.12. The van der Waals surface area contributed by atoms with Gasteiger partial charge in [-0.3, -0.25) is 4.79 Å². The molecule has 1 amide bonds. The predicted molar refractivity (Wildman–Crippen MR) is 162 cm³/mol. The van der Waals surface area contributed by atoms with Crippen molar-refractivity contribution in [2.24, 2.45) is 5.10 Å². The first-order valence-corrected chi connectivity index (χ1v) is 13.8. The van der Waals surface area contributed by atoms with Crippen LogP contribution in [0.3, 0.4) is 0 Å². The Labute approximate surface area is 245 Å². The van der Waals surface area contributed by atoms with Crippen molar-refractivity contribution in [1.29, 1.82) is 0 Å². The molecule has 0 saturated heterocycles. The lowest BCUT2D eigenvalue weighted by Crippen LogP contribution is -2.17. The van der Waals surface area contributed by atoms with Crippen LogP contribution in [-0.2, 0) is 6.61 Å². The molecule has 0 atom stereocenters. The van der Waals surface area contributed by atoms with Gasteiger partial charge in [0.1, 0.15) is 18.1 Å². The summed E-state index contributed by atoms with van der Waals surface area (Å²) in [4.78, 5) is 25.3. The summed E-state index contributed by atoms with van der Waals surface area (Å²) in [6.07, 6.45) is 2.39. The average Bonchev–Trinajstić information content (AvgIpc) is 3.01. The van der Waals surface area contributed by atoms with Gasteiger partial charge < -0.3 is 18.9 Å². The van der Waals surface area contributed by atoms with Crippen LogP contribution in [0.5, 0.6) is 23.0 Å². The Balaban J connectivity index is 1.32. The van der Waals surface area contributed by atoms with Crippen LogP contribution in [0.1, 0.15) is 57.7 Å². The first-order valence-electron chi connectivity index (χ1n) is 13.8. The summed E-state index contributed by atoms with van der Waals surface area (Å²) in [5.74, 6) is 1.14. The summed E-state index contributed by atoms with van der Waals surface area (Å²) in [6, 6.07) is 26.8. The number of benzene rings is 4. The zero-order valence-electron chi connectivity index (χ0n) is 24.0. The fourth-order valence-corrected chi connectivity index (χ4v) is 3.81. The van der Waals surface area contributed by atoms with Crippen molar-refractivity contribution in [1.82, 2.24) is 5.43 Å². The molecule has 0 aliphatic rings. The summed E-state index contributed by atoms with van der Waals surface area (Å²) < 4.78 is 22.6. The molecule has 0 aromatic heterocycles. The topological polar surface area (TPSA) is 95.5 Å². The summed E-state index contributed by atoms with van der Waals surface area (Å²) in [6.45, 7) is 7.33. The number of aryl methyl sites for hydroxylation is 1. The smallest absolute Gasteiger partial charge is 0.343 e. The van der Waals surface area contributed by atoms with E-state index >= 15 is 0 Å². The Morgan fingerprint density at radius 3 is 2.10 bits per heavy atom. The standard InChI is InChI=1S/C34H34N2O6/c1-4-20-40-29-17-13-28(14-18-29)34(38)42-31-19-10-26(21-32(31)39-5-2)22-35-36-33(37)27-11-15-30(16-12-27)41-23-25-8-6-24(3)7-9-25/h6-19,21-22H,4-5,20,23H2,1-3H3,(H,36,37)/b35-22-. The van der Waals surface area contributed by atoms with E-state index in [1.165, 1.54) is 11.8 Å². The van der Waals surface area contributed by atoms with Crippen LogP contribution in [0.25, 0.3) is 0 Å². The molecule has 0 saturated carbocycles. The fraction of sp³-hybridized carbons (Fsp3) is 0.206. The van der Waals surface area contributed by atoms with Crippen LogP contribution in [-0.4, -0.2) is 31.3 Å². The highest BCUT2D eigenvalue weighted by atomic mass is 16.6. The Hall–Kier alpha value is -5.11. The number of rotatable bonds is 13. The molecule has 4 rings (SSSR count). The molecule has 0 bridgehead atoms. The second-order valence-electron chi connectivity index (χ2n) is 9.40. The molecule has 4 aromatic carbocycles. The second-order valence-corrected chi connectivity index (χ2v) is 9.40. The van der Waals surface area contributed by atoms with Gasteiger partial charge in [-0.25, -0.2) is 10.2 Å². The van der Waals surface area contributed by atoms with Gasteiger partial charge in [-0.15, -0.1) is 0 Å².